The van der Waals surface area contributed by atoms with E-state index < -0.39 is 11.5 Å². The summed E-state index contributed by atoms with van der Waals surface area (Å²) in [5.74, 6) is -0.426. The van der Waals surface area contributed by atoms with E-state index in [-0.39, 0.29) is 11.6 Å². The van der Waals surface area contributed by atoms with Crippen molar-refractivity contribution >= 4 is 11.8 Å². The molecule has 0 radical (unpaired) electrons. The fourth-order valence-electron chi connectivity index (χ4n) is 2.59. The molecule has 0 bridgehead atoms. The van der Waals surface area contributed by atoms with Gasteiger partial charge in [0.2, 0.25) is 11.6 Å². The molecule has 0 atom stereocenters. The number of amides is 2. The number of rotatable bonds is 2. The predicted octanol–water partition coefficient (Wildman–Crippen LogP) is -0.451. The summed E-state index contributed by atoms with van der Waals surface area (Å²) in [6.07, 6.45) is 0. The first kappa shape index (κ1) is 15.0. The number of piperazine rings is 1. The molecule has 3 rings (SSSR count). The number of H-pyrrole nitrogens is 1. The first-order chi connectivity index (χ1) is 11.1. The maximum Gasteiger partial charge on any atom is 0.441 e. The van der Waals surface area contributed by atoms with Crippen molar-refractivity contribution in [1.82, 2.24) is 15.1 Å². The second-order valence-corrected chi connectivity index (χ2v) is 5.30. The largest absolute Gasteiger partial charge is 0.441 e. The molecule has 1 saturated heterocycles. The van der Waals surface area contributed by atoms with E-state index in [0.717, 1.165) is 0 Å². The van der Waals surface area contributed by atoms with Gasteiger partial charge < -0.3 is 9.80 Å². The Morgan fingerprint density at radius 2 is 1.70 bits per heavy atom. The SMILES string of the molecule is CC(=O)N1CCN(C(=O)c2c(=O)o[nH][n+]2-c2ccccc2)CC1. The number of carbonyl (C=O) groups excluding carboxylic acids is 2. The van der Waals surface area contributed by atoms with Gasteiger partial charge in [-0.1, -0.05) is 18.2 Å². The first-order valence-electron chi connectivity index (χ1n) is 7.31. The highest BCUT2D eigenvalue weighted by Crippen LogP contribution is 2.06. The summed E-state index contributed by atoms with van der Waals surface area (Å²) >= 11 is 0. The van der Waals surface area contributed by atoms with E-state index in [1.54, 1.807) is 34.1 Å². The van der Waals surface area contributed by atoms with Crippen LogP contribution in [0.3, 0.4) is 0 Å². The molecule has 1 fully saturated rings. The molecular weight excluding hydrogens is 300 g/mol. The fraction of sp³-hybridized carbons (Fsp3) is 0.333. The van der Waals surface area contributed by atoms with Crippen LogP contribution >= 0.6 is 0 Å². The number of nitrogens with one attached hydrogen (secondary N) is 1. The summed E-state index contributed by atoms with van der Waals surface area (Å²) < 4.78 is 6.13. The molecule has 23 heavy (non-hydrogen) atoms. The van der Waals surface area contributed by atoms with Gasteiger partial charge >= 0.3 is 17.2 Å². The van der Waals surface area contributed by atoms with Crippen LogP contribution in [-0.2, 0) is 4.79 Å². The molecule has 0 aliphatic carbocycles. The highest BCUT2D eigenvalue weighted by atomic mass is 16.5. The third-order valence-electron chi connectivity index (χ3n) is 3.88. The van der Waals surface area contributed by atoms with Gasteiger partial charge in [0.05, 0.1) is 0 Å². The molecule has 120 valence electrons. The Morgan fingerprint density at radius 1 is 1.09 bits per heavy atom. The standard InChI is InChI=1S/C15H16N4O4/c1-11(20)17-7-9-18(10-8-17)14(21)13-15(22)23-16-19(13)12-5-3-2-4-6-12/h2-6H,7-10H2,1H3/p+1. The third-order valence-corrected chi connectivity index (χ3v) is 3.88. The van der Waals surface area contributed by atoms with Gasteiger partial charge in [0.25, 0.3) is 0 Å². The minimum Gasteiger partial charge on any atom is -0.339 e. The Morgan fingerprint density at radius 3 is 2.30 bits per heavy atom. The van der Waals surface area contributed by atoms with E-state index in [2.05, 4.69) is 5.27 Å². The van der Waals surface area contributed by atoms with Crippen LogP contribution in [0.4, 0.5) is 0 Å². The van der Waals surface area contributed by atoms with Crippen LogP contribution < -0.4 is 10.3 Å². The minimum absolute atomic E-state index is 0.0161. The quantitative estimate of drug-likeness (QED) is 0.760. The first-order valence-corrected chi connectivity index (χ1v) is 7.31. The third kappa shape index (κ3) is 2.87. The van der Waals surface area contributed by atoms with Crippen molar-refractivity contribution in [3.05, 3.63) is 46.4 Å². The van der Waals surface area contributed by atoms with E-state index in [0.29, 0.717) is 31.9 Å². The van der Waals surface area contributed by atoms with Gasteiger partial charge in [0.1, 0.15) is 0 Å². The second kappa shape index (κ2) is 6.07. The van der Waals surface area contributed by atoms with Crippen molar-refractivity contribution in [1.29, 1.82) is 0 Å². The molecule has 8 heteroatoms. The number of aromatic amines is 1. The lowest BCUT2D eigenvalue weighted by atomic mass is 10.2. The van der Waals surface area contributed by atoms with E-state index in [1.165, 1.54) is 11.6 Å². The Balaban J connectivity index is 1.85. The van der Waals surface area contributed by atoms with Gasteiger partial charge in [-0.05, 0) is 9.95 Å². The highest BCUT2D eigenvalue weighted by molar-refractivity contribution is 5.90. The van der Waals surface area contributed by atoms with Crippen LogP contribution in [0.5, 0.6) is 0 Å². The zero-order chi connectivity index (χ0) is 16.4. The fourth-order valence-corrected chi connectivity index (χ4v) is 2.59. The normalized spacial score (nSPS) is 14.8. The van der Waals surface area contributed by atoms with Gasteiger partial charge in [-0.3, -0.25) is 14.1 Å². The molecule has 8 nitrogen and oxygen atoms in total. The minimum atomic E-state index is -0.715. The molecule has 2 amide bonds. The monoisotopic (exact) mass is 317 g/mol. The zero-order valence-electron chi connectivity index (χ0n) is 12.7. The molecule has 0 spiro atoms. The van der Waals surface area contributed by atoms with Crippen molar-refractivity contribution in [3.63, 3.8) is 0 Å². The molecule has 2 heterocycles. The molecule has 1 aliphatic rings. The van der Waals surface area contributed by atoms with E-state index >= 15 is 0 Å². The number of benzene rings is 1. The topological polar surface area (TPSA) is 90.5 Å². The van der Waals surface area contributed by atoms with Crippen molar-refractivity contribution in [2.24, 2.45) is 0 Å². The number of hydrogen-bond donors (Lipinski definition) is 1. The van der Waals surface area contributed by atoms with Gasteiger partial charge in [0.15, 0.2) is 0 Å². The van der Waals surface area contributed by atoms with Crippen molar-refractivity contribution < 1.29 is 18.8 Å². The average Bonchev–Trinajstić information content (AvgIpc) is 2.96. The summed E-state index contributed by atoms with van der Waals surface area (Å²) in [6.45, 7) is 3.20. The van der Waals surface area contributed by atoms with Crippen molar-refractivity contribution in [2.75, 3.05) is 26.2 Å². The summed E-state index contributed by atoms with van der Waals surface area (Å²) in [5.41, 5.74) is -0.163. The molecule has 1 N–H and O–H groups in total. The number of hydrogen-bond acceptors (Lipinski definition) is 4. The van der Waals surface area contributed by atoms with Crippen LogP contribution in [0.15, 0.2) is 39.6 Å². The summed E-state index contributed by atoms with van der Waals surface area (Å²) in [4.78, 5) is 39.2. The van der Waals surface area contributed by atoms with Crippen LogP contribution in [0.1, 0.15) is 17.4 Å². The van der Waals surface area contributed by atoms with Gasteiger partial charge in [-0.15, -0.1) is 0 Å². The Kier molecular flexibility index (Phi) is 3.96. The van der Waals surface area contributed by atoms with Gasteiger partial charge in [0, 0.05) is 45.2 Å². The molecule has 2 aromatic rings. The van der Waals surface area contributed by atoms with Crippen LogP contribution in [0, 0.1) is 0 Å². The Bertz CT molecular complexity index is 772. The Hall–Kier alpha value is -2.90. The zero-order valence-corrected chi connectivity index (χ0v) is 12.7. The highest BCUT2D eigenvalue weighted by Gasteiger charge is 2.35. The number of aromatic nitrogens is 2. The van der Waals surface area contributed by atoms with Crippen LogP contribution in [-0.4, -0.2) is 53.1 Å². The maximum atomic E-state index is 12.7. The number of para-hydroxylation sites is 1. The predicted molar refractivity (Wildman–Crippen MR) is 79.0 cm³/mol. The lowest BCUT2D eigenvalue weighted by Gasteiger charge is -2.33. The van der Waals surface area contributed by atoms with Crippen molar-refractivity contribution in [3.8, 4) is 5.69 Å². The van der Waals surface area contributed by atoms with E-state index in [4.69, 9.17) is 4.52 Å². The lowest BCUT2D eigenvalue weighted by molar-refractivity contribution is -0.672. The molecular formula is C15H17N4O4+. The van der Waals surface area contributed by atoms with Gasteiger partial charge in [-0.2, -0.15) is 0 Å². The molecule has 1 aliphatic heterocycles. The average molecular weight is 317 g/mol. The van der Waals surface area contributed by atoms with Crippen LogP contribution in [0.25, 0.3) is 5.69 Å². The molecule has 0 saturated carbocycles. The lowest BCUT2D eigenvalue weighted by Crippen LogP contribution is -2.53. The summed E-state index contributed by atoms with van der Waals surface area (Å²) in [5, 5.41) is 2.45. The smallest absolute Gasteiger partial charge is 0.339 e. The van der Waals surface area contributed by atoms with E-state index in [9.17, 15) is 14.4 Å². The second-order valence-electron chi connectivity index (χ2n) is 5.30. The molecule has 0 unspecified atom stereocenters. The van der Waals surface area contributed by atoms with Crippen molar-refractivity contribution in [2.45, 2.75) is 6.92 Å². The Labute approximate surface area is 131 Å². The number of carbonyl (C=O) groups is 2. The number of nitrogens with zero attached hydrogens (tertiary/aromatic N) is 3. The summed E-state index contributed by atoms with van der Waals surface area (Å²) in [6, 6.07) is 8.96. The molecule has 1 aromatic carbocycles. The summed E-state index contributed by atoms with van der Waals surface area (Å²) in [7, 11) is 0. The van der Waals surface area contributed by atoms with E-state index in [1.807, 2.05) is 6.07 Å². The van der Waals surface area contributed by atoms with Gasteiger partial charge in [-0.25, -0.2) is 4.79 Å². The molecule has 1 aromatic heterocycles. The van der Waals surface area contributed by atoms with Crippen LogP contribution in [0.2, 0.25) is 0 Å². The maximum absolute atomic E-state index is 12.7.